The normalized spacial score (nSPS) is 34.3. The highest BCUT2D eigenvalue weighted by Crippen LogP contribution is 2.33. The van der Waals surface area contributed by atoms with Crippen LogP contribution in [0.1, 0.15) is 59.3 Å². The lowest BCUT2D eigenvalue weighted by atomic mass is 10.00. The van der Waals surface area contributed by atoms with Crippen molar-refractivity contribution >= 4 is 29.5 Å². The largest absolute Gasteiger partial charge is 0.459 e. The van der Waals surface area contributed by atoms with Gasteiger partial charge in [-0.1, -0.05) is 29.3 Å². The van der Waals surface area contributed by atoms with E-state index in [-0.39, 0.29) is 24.9 Å². The number of ether oxygens (including phenoxy) is 4. The number of hydrogen-bond donors (Lipinski definition) is 0. The number of carbonyl (C=O) groups is 3. The molecule has 0 aliphatic carbocycles. The summed E-state index contributed by atoms with van der Waals surface area (Å²) in [7, 11) is 0. The van der Waals surface area contributed by atoms with Crippen molar-refractivity contribution in [3.05, 3.63) is 34.4 Å². The van der Waals surface area contributed by atoms with E-state index >= 15 is 0 Å². The lowest BCUT2D eigenvalue weighted by Gasteiger charge is -2.28. The monoisotopic (exact) mass is 452 g/mol. The molecule has 2 bridgehead atoms. The Morgan fingerprint density at radius 2 is 1.94 bits per heavy atom. The molecule has 0 radical (unpaired) electrons. The van der Waals surface area contributed by atoms with E-state index in [0.29, 0.717) is 30.7 Å². The Hall–Kier alpha value is -2.12. The average Bonchev–Trinajstić information content (AvgIpc) is 3.06. The van der Waals surface area contributed by atoms with E-state index in [1.54, 1.807) is 6.92 Å². The third-order valence-electron chi connectivity index (χ3n) is 5.61. The van der Waals surface area contributed by atoms with Gasteiger partial charge in [-0.05, 0) is 44.8 Å². The molecule has 3 heterocycles. The highest BCUT2D eigenvalue weighted by molar-refractivity contribution is 6.29. The van der Waals surface area contributed by atoms with E-state index in [1.807, 2.05) is 25.2 Å². The van der Waals surface area contributed by atoms with Crippen molar-refractivity contribution in [3.8, 4) is 0 Å². The zero-order valence-electron chi connectivity index (χ0n) is 18.1. The molecule has 0 aromatic heterocycles. The number of allylic oxidation sites excluding steroid dienone is 3. The van der Waals surface area contributed by atoms with Gasteiger partial charge in [-0.15, -0.1) is 0 Å². The standard InChI is InChI=1S/C23H29ClO7/c1-13-9-19(30-21(26)10-13)23-20-11-17(29-23)8-7-16(24)6-4-5-14(2)18(28-15(3)25)12-22(27)31-20/h5-6,9,17-20,23H,4,7-8,10-12H2,1-3H3/b14-5?,16-6-/t17?,18-,19+,20?,23-/m0/s1. The summed E-state index contributed by atoms with van der Waals surface area (Å²) in [5.74, 6) is -1.29. The van der Waals surface area contributed by atoms with E-state index in [1.165, 1.54) is 6.92 Å². The molecule has 0 aromatic carbocycles. The summed E-state index contributed by atoms with van der Waals surface area (Å²) in [6.45, 7) is 4.97. The molecule has 0 spiro atoms. The van der Waals surface area contributed by atoms with Crippen molar-refractivity contribution in [2.75, 3.05) is 0 Å². The Labute approximate surface area is 187 Å². The molecular formula is C23H29ClO7. The minimum absolute atomic E-state index is 0.105. The summed E-state index contributed by atoms with van der Waals surface area (Å²) in [6.07, 6.45) is 5.44. The Kier molecular flexibility index (Phi) is 7.94. The van der Waals surface area contributed by atoms with Crippen LogP contribution in [-0.4, -0.2) is 48.4 Å². The Balaban J connectivity index is 1.83. The number of halogens is 1. The second-order valence-electron chi connectivity index (χ2n) is 8.31. The molecule has 170 valence electrons. The molecule has 0 aromatic rings. The molecule has 3 rings (SSSR count). The summed E-state index contributed by atoms with van der Waals surface area (Å²) < 4.78 is 22.7. The van der Waals surface area contributed by atoms with Crippen LogP contribution in [0.2, 0.25) is 0 Å². The first-order chi connectivity index (χ1) is 14.7. The lowest BCUT2D eigenvalue weighted by molar-refractivity contribution is -0.165. The topological polar surface area (TPSA) is 88.1 Å². The summed E-state index contributed by atoms with van der Waals surface area (Å²) in [4.78, 5) is 36.2. The summed E-state index contributed by atoms with van der Waals surface area (Å²) in [5, 5.41) is 0.713. The SMILES string of the molecule is CC(=O)O[C@H]1CC(=O)OC2CC(CC/C(Cl)=C/CC=C1C)O[C@H]2[C@H]1C=C(C)CC(=O)O1. The second kappa shape index (κ2) is 10.5. The maximum Gasteiger partial charge on any atom is 0.310 e. The van der Waals surface area contributed by atoms with Gasteiger partial charge in [-0.3, -0.25) is 14.4 Å². The number of carbonyl (C=O) groups excluding carboxylic acids is 3. The first kappa shape index (κ1) is 23.5. The van der Waals surface area contributed by atoms with Crippen LogP contribution in [0.4, 0.5) is 0 Å². The van der Waals surface area contributed by atoms with Gasteiger partial charge in [0.15, 0.2) is 0 Å². The van der Waals surface area contributed by atoms with Crippen LogP contribution in [0.5, 0.6) is 0 Å². The van der Waals surface area contributed by atoms with Crippen molar-refractivity contribution in [2.24, 2.45) is 0 Å². The molecular weight excluding hydrogens is 424 g/mol. The molecule has 3 aliphatic rings. The van der Waals surface area contributed by atoms with Crippen LogP contribution < -0.4 is 0 Å². The van der Waals surface area contributed by atoms with Crippen LogP contribution in [0.15, 0.2) is 34.4 Å². The quantitative estimate of drug-likeness (QED) is 0.356. The van der Waals surface area contributed by atoms with Crippen LogP contribution in [0.25, 0.3) is 0 Å². The van der Waals surface area contributed by atoms with Gasteiger partial charge in [0.05, 0.1) is 18.9 Å². The Morgan fingerprint density at radius 3 is 2.65 bits per heavy atom. The fourth-order valence-electron chi connectivity index (χ4n) is 4.07. The van der Waals surface area contributed by atoms with E-state index in [2.05, 4.69) is 0 Å². The van der Waals surface area contributed by atoms with Gasteiger partial charge < -0.3 is 18.9 Å². The molecule has 3 aliphatic heterocycles. The summed E-state index contributed by atoms with van der Waals surface area (Å²) >= 11 is 6.36. The molecule has 7 nitrogen and oxygen atoms in total. The number of rotatable bonds is 2. The van der Waals surface area contributed by atoms with Gasteiger partial charge in [0.2, 0.25) is 0 Å². The highest BCUT2D eigenvalue weighted by atomic mass is 35.5. The molecule has 8 heteroatoms. The minimum atomic E-state index is -0.716. The van der Waals surface area contributed by atoms with Crippen molar-refractivity contribution < 1.29 is 33.3 Å². The average molecular weight is 453 g/mol. The Bertz CT molecular complexity index is 813. The fraction of sp³-hybridized carbons (Fsp3) is 0.609. The number of cyclic esters (lactones) is 1. The summed E-state index contributed by atoms with van der Waals surface area (Å²) in [6, 6.07) is 0. The van der Waals surface area contributed by atoms with Crippen molar-refractivity contribution in [1.29, 1.82) is 0 Å². The third kappa shape index (κ3) is 6.68. The first-order valence-corrected chi connectivity index (χ1v) is 11.0. The molecule has 1 saturated heterocycles. The van der Waals surface area contributed by atoms with Crippen LogP contribution in [-0.2, 0) is 33.3 Å². The van der Waals surface area contributed by atoms with Crippen LogP contribution in [0, 0.1) is 0 Å². The molecule has 1 fully saturated rings. The van der Waals surface area contributed by atoms with Crippen LogP contribution >= 0.6 is 11.6 Å². The van der Waals surface area contributed by atoms with Gasteiger partial charge in [0, 0.05) is 18.4 Å². The molecule has 31 heavy (non-hydrogen) atoms. The van der Waals surface area contributed by atoms with E-state index in [0.717, 1.165) is 11.1 Å². The minimum Gasteiger partial charge on any atom is -0.459 e. The van der Waals surface area contributed by atoms with E-state index in [4.69, 9.17) is 30.5 Å². The predicted octanol–water partition coefficient (Wildman–Crippen LogP) is 3.89. The first-order valence-electron chi connectivity index (χ1n) is 10.6. The van der Waals surface area contributed by atoms with Gasteiger partial charge in [-0.25, -0.2) is 0 Å². The number of esters is 3. The van der Waals surface area contributed by atoms with Gasteiger partial charge in [0.25, 0.3) is 0 Å². The molecule has 2 unspecified atom stereocenters. The van der Waals surface area contributed by atoms with Crippen molar-refractivity contribution in [3.63, 3.8) is 0 Å². The molecule has 0 amide bonds. The van der Waals surface area contributed by atoms with Gasteiger partial charge in [0.1, 0.15) is 24.4 Å². The maximum atomic E-state index is 12.7. The van der Waals surface area contributed by atoms with Gasteiger partial charge >= 0.3 is 17.9 Å². The Morgan fingerprint density at radius 1 is 1.16 bits per heavy atom. The van der Waals surface area contributed by atoms with E-state index in [9.17, 15) is 14.4 Å². The number of fused-ring (bicyclic) bond motifs is 2. The molecule has 0 N–H and O–H groups in total. The number of hydrogen-bond acceptors (Lipinski definition) is 7. The van der Waals surface area contributed by atoms with Crippen molar-refractivity contribution in [2.45, 2.75) is 89.8 Å². The lowest BCUT2D eigenvalue weighted by Crippen LogP contribution is -2.41. The van der Waals surface area contributed by atoms with Crippen molar-refractivity contribution in [1.82, 2.24) is 0 Å². The smallest absolute Gasteiger partial charge is 0.310 e. The highest BCUT2D eigenvalue weighted by Gasteiger charge is 2.44. The summed E-state index contributed by atoms with van der Waals surface area (Å²) in [5.41, 5.74) is 1.65. The fourth-order valence-corrected chi connectivity index (χ4v) is 4.27. The zero-order valence-corrected chi connectivity index (χ0v) is 18.9. The predicted molar refractivity (Wildman–Crippen MR) is 113 cm³/mol. The maximum absolute atomic E-state index is 12.7. The van der Waals surface area contributed by atoms with Crippen LogP contribution in [0.3, 0.4) is 0 Å². The zero-order chi connectivity index (χ0) is 22.5. The van der Waals surface area contributed by atoms with E-state index < -0.39 is 36.4 Å². The molecule has 0 saturated carbocycles. The second-order valence-corrected chi connectivity index (χ2v) is 8.79. The van der Waals surface area contributed by atoms with Gasteiger partial charge in [-0.2, -0.15) is 0 Å². The third-order valence-corrected chi connectivity index (χ3v) is 5.95. The molecule has 5 atom stereocenters.